The normalized spacial score (nSPS) is 17.4. The summed E-state index contributed by atoms with van der Waals surface area (Å²) in [5, 5.41) is 12.4. The van der Waals surface area contributed by atoms with Crippen molar-refractivity contribution in [3.63, 3.8) is 0 Å². The molecule has 5 heterocycles. The number of piperazine rings is 1. The summed E-state index contributed by atoms with van der Waals surface area (Å²) in [6.45, 7) is 5.66. The average molecular weight is 410 g/mol. The Morgan fingerprint density at radius 3 is 2.57 bits per heavy atom. The van der Waals surface area contributed by atoms with Gasteiger partial charge in [-0.1, -0.05) is 5.16 Å². The molecular weight excluding hydrogens is 388 g/mol. The molecule has 30 heavy (non-hydrogen) atoms. The summed E-state index contributed by atoms with van der Waals surface area (Å²) in [4.78, 5) is 19.0. The number of amides is 1. The van der Waals surface area contributed by atoms with E-state index < -0.39 is 0 Å². The van der Waals surface area contributed by atoms with E-state index in [4.69, 9.17) is 13.7 Å². The van der Waals surface area contributed by atoms with Gasteiger partial charge in [0, 0.05) is 51.4 Å². The van der Waals surface area contributed by atoms with Crippen LogP contribution in [0, 0.1) is 0 Å². The van der Waals surface area contributed by atoms with Crippen LogP contribution in [-0.2, 0) is 4.74 Å². The maximum absolute atomic E-state index is 12.8. The van der Waals surface area contributed by atoms with Crippen molar-refractivity contribution in [3.05, 3.63) is 42.4 Å². The molecule has 156 valence electrons. The lowest BCUT2D eigenvalue weighted by Gasteiger charge is -2.35. The number of aromatic nitrogens is 3. The zero-order valence-electron chi connectivity index (χ0n) is 16.4. The van der Waals surface area contributed by atoms with Crippen molar-refractivity contribution in [2.24, 2.45) is 0 Å². The van der Waals surface area contributed by atoms with Gasteiger partial charge in [0.15, 0.2) is 17.3 Å². The fourth-order valence-electron chi connectivity index (χ4n) is 3.71. The van der Waals surface area contributed by atoms with Gasteiger partial charge in [-0.25, -0.2) is 0 Å². The summed E-state index contributed by atoms with van der Waals surface area (Å²) < 4.78 is 16.0. The van der Waals surface area contributed by atoms with Crippen LogP contribution in [-0.4, -0.2) is 78.6 Å². The maximum Gasteiger partial charge on any atom is 0.276 e. The highest BCUT2D eigenvalue weighted by Gasteiger charge is 2.26. The Labute approximate surface area is 173 Å². The molecule has 10 nitrogen and oxygen atoms in total. The van der Waals surface area contributed by atoms with Crippen molar-refractivity contribution in [3.8, 4) is 11.5 Å². The third-order valence-electron chi connectivity index (χ3n) is 5.39. The standard InChI is InChI=1S/C20H22N6O4/c27-20(16-13-18(30-23-16)17-2-1-9-29-17)26-5-3-25(4-6-26)19-12-15(14-21-22-19)24-7-10-28-11-8-24/h1-2,9,12-14H,3-8,10-11H2. The average Bonchev–Trinajstić information content (AvgIpc) is 3.52. The smallest absolute Gasteiger partial charge is 0.276 e. The van der Waals surface area contributed by atoms with Gasteiger partial charge in [-0.05, 0) is 12.1 Å². The summed E-state index contributed by atoms with van der Waals surface area (Å²) in [5.41, 5.74) is 1.33. The second-order valence-electron chi connectivity index (χ2n) is 7.20. The van der Waals surface area contributed by atoms with Gasteiger partial charge in [-0.2, -0.15) is 5.10 Å². The van der Waals surface area contributed by atoms with Crippen molar-refractivity contribution < 1.29 is 18.5 Å². The van der Waals surface area contributed by atoms with Crippen molar-refractivity contribution in [2.45, 2.75) is 0 Å². The summed E-state index contributed by atoms with van der Waals surface area (Å²) in [5.74, 6) is 1.67. The largest absolute Gasteiger partial charge is 0.461 e. The Balaban J connectivity index is 1.22. The minimum atomic E-state index is -0.149. The molecule has 0 atom stereocenters. The highest BCUT2D eigenvalue weighted by molar-refractivity contribution is 5.93. The number of morpholine rings is 1. The number of hydrogen-bond acceptors (Lipinski definition) is 9. The number of hydrogen-bond donors (Lipinski definition) is 0. The summed E-state index contributed by atoms with van der Waals surface area (Å²) in [6.07, 6.45) is 3.34. The van der Waals surface area contributed by atoms with E-state index >= 15 is 0 Å². The van der Waals surface area contributed by atoms with E-state index in [1.165, 1.54) is 0 Å². The lowest BCUT2D eigenvalue weighted by Crippen LogP contribution is -2.49. The molecule has 3 aromatic rings. The summed E-state index contributed by atoms with van der Waals surface area (Å²) in [6, 6.07) is 7.20. The third kappa shape index (κ3) is 3.73. The molecule has 1 amide bonds. The van der Waals surface area contributed by atoms with Crippen molar-refractivity contribution >= 4 is 17.4 Å². The van der Waals surface area contributed by atoms with Gasteiger partial charge in [0.1, 0.15) is 0 Å². The number of rotatable bonds is 4. The predicted octanol–water partition coefficient (Wildman–Crippen LogP) is 1.52. The Hall–Kier alpha value is -3.40. The Kier molecular flexibility index (Phi) is 5.06. The first kappa shape index (κ1) is 18.6. The van der Waals surface area contributed by atoms with E-state index in [-0.39, 0.29) is 11.6 Å². The van der Waals surface area contributed by atoms with Crippen LogP contribution in [0.4, 0.5) is 11.5 Å². The maximum atomic E-state index is 12.8. The van der Waals surface area contributed by atoms with Crippen LogP contribution in [0.1, 0.15) is 10.5 Å². The topological polar surface area (TPSA) is 101 Å². The molecule has 2 saturated heterocycles. The van der Waals surface area contributed by atoms with Crippen LogP contribution in [0.5, 0.6) is 0 Å². The van der Waals surface area contributed by atoms with E-state index in [1.54, 1.807) is 35.6 Å². The fourth-order valence-corrected chi connectivity index (χ4v) is 3.71. The Bertz CT molecular complexity index is 990. The van der Waals surface area contributed by atoms with E-state index in [0.29, 0.717) is 37.7 Å². The highest BCUT2D eigenvalue weighted by Crippen LogP contribution is 2.23. The molecule has 2 fully saturated rings. The van der Waals surface area contributed by atoms with Gasteiger partial charge in [-0.3, -0.25) is 4.79 Å². The van der Waals surface area contributed by atoms with Gasteiger partial charge in [0.05, 0.1) is 31.4 Å². The molecule has 0 radical (unpaired) electrons. The van der Waals surface area contributed by atoms with Crippen LogP contribution >= 0.6 is 0 Å². The van der Waals surface area contributed by atoms with E-state index in [1.807, 2.05) is 0 Å². The first-order chi connectivity index (χ1) is 14.8. The van der Waals surface area contributed by atoms with Gasteiger partial charge < -0.3 is 28.4 Å². The lowest BCUT2D eigenvalue weighted by atomic mass is 10.2. The summed E-state index contributed by atoms with van der Waals surface area (Å²) in [7, 11) is 0. The second kappa shape index (κ2) is 8.15. The fraction of sp³-hybridized carbons (Fsp3) is 0.400. The van der Waals surface area contributed by atoms with Crippen LogP contribution in [0.25, 0.3) is 11.5 Å². The molecule has 2 aliphatic rings. The summed E-state index contributed by atoms with van der Waals surface area (Å²) >= 11 is 0. The lowest BCUT2D eigenvalue weighted by molar-refractivity contribution is 0.0736. The van der Waals surface area contributed by atoms with Crippen LogP contribution in [0.15, 0.2) is 45.7 Å². The van der Waals surface area contributed by atoms with Gasteiger partial charge in [-0.15, -0.1) is 5.10 Å². The molecule has 0 aromatic carbocycles. The third-order valence-corrected chi connectivity index (χ3v) is 5.39. The number of carbonyl (C=O) groups excluding carboxylic acids is 1. The number of nitrogens with zero attached hydrogens (tertiary/aromatic N) is 6. The molecule has 0 N–H and O–H groups in total. The zero-order valence-corrected chi connectivity index (χ0v) is 16.4. The van der Waals surface area contributed by atoms with Crippen LogP contribution < -0.4 is 9.80 Å². The number of anilines is 2. The van der Waals surface area contributed by atoms with Crippen molar-refractivity contribution in [1.82, 2.24) is 20.3 Å². The number of ether oxygens (including phenoxy) is 1. The monoisotopic (exact) mass is 410 g/mol. The molecule has 0 saturated carbocycles. The second-order valence-corrected chi connectivity index (χ2v) is 7.20. The van der Waals surface area contributed by atoms with E-state index in [0.717, 1.165) is 37.8 Å². The molecule has 10 heteroatoms. The van der Waals surface area contributed by atoms with Gasteiger partial charge >= 0.3 is 0 Å². The quantitative estimate of drug-likeness (QED) is 0.633. The zero-order chi connectivity index (χ0) is 20.3. The molecule has 5 rings (SSSR count). The minimum absolute atomic E-state index is 0.149. The first-order valence-corrected chi connectivity index (χ1v) is 9.98. The molecule has 2 aliphatic heterocycles. The number of carbonyl (C=O) groups is 1. The van der Waals surface area contributed by atoms with Crippen LogP contribution in [0.3, 0.4) is 0 Å². The Morgan fingerprint density at radius 1 is 0.967 bits per heavy atom. The number of furan rings is 1. The van der Waals surface area contributed by atoms with Gasteiger partial charge in [0.2, 0.25) is 5.76 Å². The molecule has 0 bridgehead atoms. The molecular formula is C20H22N6O4. The molecule has 0 aliphatic carbocycles. The van der Waals surface area contributed by atoms with Crippen molar-refractivity contribution in [1.29, 1.82) is 0 Å². The molecule has 0 unspecified atom stereocenters. The Morgan fingerprint density at radius 2 is 1.80 bits per heavy atom. The SMILES string of the molecule is O=C(c1cc(-c2ccco2)on1)N1CCN(c2cc(N3CCOCC3)cnn2)CC1. The molecule has 0 spiro atoms. The minimum Gasteiger partial charge on any atom is -0.461 e. The predicted molar refractivity (Wildman–Crippen MR) is 107 cm³/mol. The first-order valence-electron chi connectivity index (χ1n) is 9.98. The van der Waals surface area contributed by atoms with E-state index in [9.17, 15) is 4.79 Å². The van der Waals surface area contributed by atoms with E-state index in [2.05, 4.69) is 31.2 Å². The van der Waals surface area contributed by atoms with Crippen molar-refractivity contribution in [2.75, 3.05) is 62.3 Å². The highest BCUT2D eigenvalue weighted by atomic mass is 16.5. The van der Waals surface area contributed by atoms with Crippen LogP contribution in [0.2, 0.25) is 0 Å². The molecule has 3 aromatic heterocycles. The van der Waals surface area contributed by atoms with Gasteiger partial charge in [0.25, 0.3) is 5.91 Å².